The van der Waals surface area contributed by atoms with E-state index >= 15 is 0 Å². The Hall–Kier alpha value is -0.790. The molecule has 74 valence electrons. The summed E-state index contributed by atoms with van der Waals surface area (Å²) >= 11 is 0. The van der Waals surface area contributed by atoms with E-state index in [-0.39, 0.29) is 5.97 Å². The fraction of sp³-hybridized carbons (Fsp3) is 0.727. The van der Waals surface area contributed by atoms with E-state index in [4.69, 9.17) is 4.74 Å². The van der Waals surface area contributed by atoms with Gasteiger partial charge in [-0.15, -0.1) is 0 Å². The number of unbranched alkanes of at least 4 members (excludes halogenated alkanes) is 3. The predicted molar refractivity (Wildman–Crippen MR) is 52.1 cm³/mol. The third kappa shape index (κ3) is 3.21. The van der Waals surface area contributed by atoms with Gasteiger partial charge in [0.25, 0.3) is 0 Å². The average molecular weight is 182 g/mol. The first-order valence-electron chi connectivity index (χ1n) is 5.13. The van der Waals surface area contributed by atoms with Crippen LogP contribution in [0.25, 0.3) is 0 Å². The Labute approximate surface area is 80.0 Å². The summed E-state index contributed by atoms with van der Waals surface area (Å²) in [5, 5.41) is 0. The van der Waals surface area contributed by atoms with Crippen LogP contribution in [0.15, 0.2) is 12.3 Å². The lowest BCUT2D eigenvalue weighted by Gasteiger charge is -2.06. The van der Waals surface area contributed by atoms with Gasteiger partial charge < -0.3 is 4.74 Å². The fourth-order valence-electron chi connectivity index (χ4n) is 1.67. The van der Waals surface area contributed by atoms with Crippen molar-refractivity contribution in [3.8, 4) is 0 Å². The molecule has 0 spiro atoms. The van der Waals surface area contributed by atoms with E-state index in [2.05, 4.69) is 13.5 Å². The Morgan fingerprint density at radius 1 is 1.46 bits per heavy atom. The maximum absolute atomic E-state index is 10.9. The number of cyclic esters (lactones) is 1. The fourth-order valence-corrected chi connectivity index (χ4v) is 1.67. The molecule has 0 radical (unpaired) electrons. The van der Waals surface area contributed by atoms with Crippen LogP contribution in [0.2, 0.25) is 0 Å². The molecule has 1 heterocycles. The van der Waals surface area contributed by atoms with Crippen LogP contribution in [-0.2, 0) is 9.53 Å². The van der Waals surface area contributed by atoms with Crippen molar-refractivity contribution in [1.82, 2.24) is 0 Å². The second-order valence-electron chi connectivity index (χ2n) is 3.69. The number of rotatable bonds is 5. The van der Waals surface area contributed by atoms with E-state index in [0.29, 0.717) is 18.1 Å². The lowest BCUT2D eigenvalue weighted by atomic mass is 9.98. The summed E-state index contributed by atoms with van der Waals surface area (Å²) in [6.07, 6.45) is 6.59. The molecule has 1 unspecified atom stereocenters. The SMILES string of the molecule is C=C1OC(=O)CC1CCCCCC. The molecular formula is C11H18O2. The van der Waals surface area contributed by atoms with Crippen molar-refractivity contribution in [2.45, 2.75) is 45.4 Å². The van der Waals surface area contributed by atoms with Gasteiger partial charge >= 0.3 is 5.97 Å². The van der Waals surface area contributed by atoms with E-state index in [1.54, 1.807) is 0 Å². The van der Waals surface area contributed by atoms with Gasteiger partial charge in [-0.25, -0.2) is 0 Å². The number of esters is 1. The van der Waals surface area contributed by atoms with Crippen LogP contribution in [-0.4, -0.2) is 5.97 Å². The summed E-state index contributed by atoms with van der Waals surface area (Å²) in [5.41, 5.74) is 0. The Bertz CT molecular complexity index is 196. The molecule has 13 heavy (non-hydrogen) atoms. The minimum Gasteiger partial charge on any atom is -0.431 e. The first-order chi connectivity index (χ1) is 6.24. The Morgan fingerprint density at radius 2 is 2.23 bits per heavy atom. The highest BCUT2D eigenvalue weighted by molar-refractivity contribution is 5.74. The van der Waals surface area contributed by atoms with E-state index in [0.717, 1.165) is 6.42 Å². The molecule has 1 aliphatic heterocycles. The van der Waals surface area contributed by atoms with Crippen molar-refractivity contribution in [2.75, 3.05) is 0 Å². The molecule has 2 nitrogen and oxygen atoms in total. The summed E-state index contributed by atoms with van der Waals surface area (Å²) in [5.74, 6) is 0.872. The topological polar surface area (TPSA) is 26.3 Å². The molecule has 0 bridgehead atoms. The standard InChI is InChI=1S/C11H18O2/c1-3-4-5-6-7-10-8-11(12)13-9(10)2/h10H,2-8H2,1H3. The monoisotopic (exact) mass is 182 g/mol. The normalized spacial score (nSPS) is 22.1. The van der Waals surface area contributed by atoms with Gasteiger partial charge in [0.2, 0.25) is 0 Å². The zero-order valence-corrected chi connectivity index (χ0v) is 8.34. The lowest BCUT2D eigenvalue weighted by molar-refractivity contribution is -0.135. The third-order valence-corrected chi connectivity index (χ3v) is 2.52. The van der Waals surface area contributed by atoms with Crippen LogP contribution < -0.4 is 0 Å². The number of ether oxygens (including phenoxy) is 1. The summed E-state index contributed by atoms with van der Waals surface area (Å²) in [7, 11) is 0. The van der Waals surface area contributed by atoms with E-state index in [1.165, 1.54) is 25.7 Å². The van der Waals surface area contributed by atoms with Crippen LogP contribution in [0, 0.1) is 5.92 Å². The number of carbonyl (C=O) groups is 1. The van der Waals surface area contributed by atoms with Gasteiger partial charge in [0.1, 0.15) is 5.76 Å². The number of hydrogen-bond donors (Lipinski definition) is 0. The number of carbonyl (C=O) groups excluding carboxylic acids is 1. The Balaban J connectivity index is 2.14. The van der Waals surface area contributed by atoms with Crippen molar-refractivity contribution in [1.29, 1.82) is 0 Å². The van der Waals surface area contributed by atoms with Gasteiger partial charge in [0, 0.05) is 5.92 Å². The molecule has 1 saturated heterocycles. The zero-order chi connectivity index (χ0) is 9.68. The maximum atomic E-state index is 10.9. The minimum atomic E-state index is -0.106. The Kier molecular flexibility index (Phi) is 4.00. The van der Waals surface area contributed by atoms with Crippen molar-refractivity contribution in [2.24, 2.45) is 5.92 Å². The Morgan fingerprint density at radius 3 is 2.77 bits per heavy atom. The van der Waals surface area contributed by atoms with Gasteiger partial charge in [-0.05, 0) is 6.42 Å². The van der Waals surface area contributed by atoms with Crippen LogP contribution in [0.4, 0.5) is 0 Å². The summed E-state index contributed by atoms with van der Waals surface area (Å²) in [6, 6.07) is 0. The van der Waals surface area contributed by atoms with Crippen LogP contribution in [0.5, 0.6) is 0 Å². The van der Waals surface area contributed by atoms with Gasteiger partial charge in [-0.2, -0.15) is 0 Å². The summed E-state index contributed by atoms with van der Waals surface area (Å²) in [6.45, 7) is 5.94. The molecular weight excluding hydrogens is 164 g/mol. The van der Waals surface area contributed by atoms with Gasteiger partial charge in [-0.3, -0.25) is 4.79 Å². The van der Waals surface area contributed by atoms with Crippen LogP contribution >= 0.6 is 0 Å². The maximum Gasteiger partial charge on any atom is 0.311 e. The average Bonchev–Trinajstić information content (AvgIpc) is 2.39. The molecule has 1 fully saturated rings. The highest BCUT2D eigenvalue weighted by Crippen LogP contribution is 2.28. The second kappa shape index (κ2) is 5.05. The van der Waals surface area contributed by atoms with E-state index in [9.17, 15) is 4.79 Å². The molecule has 1 rings (SSSR count). The first kappa shape index (κ1) is 10.3. The molecule has 1 aliphatic rings. The molecule has 0 aliphatic carbocycles. The third-order valence-electron chi connectivity index (χ3n) is 2.52. The van der Waals surface area contributed by atoms with Crippen molar-refractivity contribution < 1.29 is 9.53 Å². The molecule has 2 heteroatoms. The summed E-state index contributed by atoms with van der Waals surface area (Å²) in [4.78, 5) is 10.9. The largest absolute Gasteiger partial charge is 0.431 e. The molecule has 0 N–H and O–H groups in total. The highest BCUT2D eigenvalue weighted by Gasteiger charge is 2.27. The van der Waals surface area contributed by atoms with Crippen LogP contribution in [0.3, 0.4) is 0 Å². The lowest BCUT2D eigenvalue weighted by Crippen LogP contribution is -1.96. The van der Waals surface area contributed by atoms with Crippen LogP contribution in [0.1, 0.15) is 45.4 Å². The summed E-state index contributed by atoms with van der Waals surface area (Å²) < 4.78 is 4.90. The molecule has 0 amide bonds. The minimum absolute atomic E-state index is 0.106. The zero-order valence-electron chi connectivity index (χ0n) is 8.34. The van der Waals surface area contributed by atoms with Crippen molar-refractivity contribution in [3.05, 3.63) is 12.3 Å². The van der Waals surface area contributed by atoms with Gasteiger partial charge in [0.15, 0.2) is 0 Å². The predicted octanol–water partition coefficient (Wildman–Crippen LogP) is 3.03. The van der Waals surface area contributed by atoms with Gasteiger partial charge in [0.05, 0.1) is 6.42 Å². The molecule has 0 aromatic carbocycles. The highest BCUT2D eigenvalue weighted by atomic mass is 16.5. The quantitative estimate of drug-likeness (QED) is 0.482. The van der Waals surface area contributed by atoms with E-state index < -0.39 is 0 Å². The molecule has 1 atom stereocenters. The molecule has 0 aromatic rings. The molecule has 0 aromatic heterocycles. The van der Waals surface area contributed by atoms with Crippen molar-refractivity contribution in [3.63, 3.8) is 0 Å². The number of hydrogen-bond acceptors (Lipinski definition) is 2. The second-order valence-corrected chi connectivity index (χ2v) is 3.69. The van der Waals surface area contributed by atoms with E-state index in [1.807, 2.05) is 0 Å². The first-order valence-corrected chi connectivity index (χ1v) is 5.13. The molecule has 0 saturated carbocycles. The van der Waals surface area contributed by atoms with Crippen molar-refractivity contribution >= 4 is 5.97 Å². The van der Waals surface area contributed by atoms with Gasteiger partial charge in [-0.1, -0.05) is 39.2 Å². The number of allylic oxidation sites excluding steroid dienone is 1. The smallest absolute Gasteiger partial charge is 0.311 e.